The van der Waals surface area contributed by atoms with Gasteiger partial charge in [-0.05, 0) is 29.7 Å². The highest BCUT2D eigenvalue weighted by Crippen LogP contribution is 2.46. The average Bonchev–Trinajstić information content (AvgIpc) is 3.22. The molecule has 1 aliphatic heterocycles. The lowest BCUT2D eigenvalue weighted by atomic mass is 9.83. The van der Waals surface area contributed by atoms with Crippen LogP contribution in [0.2, 0.25) is 0 Å². The third-order valence-electron chi connectivity index (χ3n) is 5.28. The van der Waals surface area contributed by atoms with Crippen LogP contribution in [0.4, 0.5) is 0 Å². The Labute approximate surface area is 181 Å². The first-order chi connectivity index (χ1) is 15.2. The number of ether oxygens (including phenoxy) is 3. The summed E-state index contributed by atoms with van der Waals surface area (Å²) in [5, 5.41) is 17.3. The molecule has 1 aromatic heterocycles. The summed E-state index contributed by atoms with van der Waals surface area (Å²) in [6.45, 7) is 2.69. The number of methoxy groups -OCH3 is 1. The molecule has 0 saturated heterocycles. The quantitative estimate of drug-likeness (QED) is 0.550. The zero-order chi connectivity index (χ0) is 21.8. The zero-order valence-electron chi connectivity index (χ0n) is 17.5. The number of unbranched alkanes of at least 4 members (excludes halogenated alkanes) is 1. The molecular formula is C24H24N4O3. The fourth-order valence-electron chi connectivity index (χ4n) is 3.72. The van der Waals surface area contributed by atoms with E-state index in [0.717, 1.165) is 35.2 Å². The Morgan fingerprint density at radius 3 is 2.71 bits per heavy atom. The molecule has 2 aromatic carbocycles. The molecule has 0 aliphatic carbocycles. The van der Waals surface area contributed by atoms with Gasteiger partial charge in [0, 0.05) is 0 Å². The summed E-state index contributed by atoms with van der Waals surface area (Å²) in [6, 6.07) is 17.7. The Morgan fingerprint density at radius 2 is 2.00 bits per heavy atom. The van der Waals surface area contributed by atoms with Gasteiger partial charge < -0.3 is 19.9 Å². The lowest BCUT2D eigenvalue weighted by Crippen LogP contribution is -2.21. The van der Waals surface area contributed by atoms with Gasteiger partial charge in [0.1, 0.15) is 11.6 Å². The molecule has 0 spiro atoms. The minimum absolute atomic E-state index is 0.0513. The molecule has 0 unspecified atom stereocenters. The Kier molecular flexibility index (Phi) is 5.80. The van der Waals surface area contributed by atoms with Gasteiger partial charge in [0.05, 0.1) is 30.9 Å². The fraction of sp³-hybridized carbons (Fsp3) is 0.250. The molecule has 7 heteroatoms. The van der Waals surface area contributed by atoms with E-state index < -0.39 is 5.92 Å². The van der Waals surface area contributed by atoms with Gasteiger partial charge >= 0.3 is 0 Å². The Hall–Kier alpha value is -3.92. The maximum atomic E-state index is 9.91. The number of aromatic nitrogens is 2. The summed E-state index contributed by atoms with van der Waals surface area (Å²) in [6.07, 6.45) is 1.96. The molecule has 158 valence electrons. The average molecular weight is 416 g/mol. The van der Waals surface area contributed by atoms with Crippen LogP contribution in [-0.2, 0) is 0 Å². The Balaban J connectivity index is 1.85. The third-order valence-corrected chi connectivity index (χ3v) is 5.28. The smallest absolute Gasteiger partial charge is 0.244 e. The molecule has 0 saturated carbocycles. The zero-order valence-corrected chi connectivity index (χ0v) is 17.5. The molecule has 0 radical (unpaired) electrons. The predicted octanol–water partition coefficient (Wildman–Crippen LogP) is 4.48. The van der Waals surface area contributed by atoms with Crippen molar-refractivity contribution in [2.24, 2.45) is 5.73 Å². The van der Waals surface area contributed by atoms with Crippen molar-refractivity contribution in [3.63, 3.8) is 0 Å². The van der Waals surface area contributed by atoms with Gasteiger partial charge in [-0.3, -0.25) is 5.10 Å². The Morgan fingerprint density at radius 1 is 1.19 bits per heavy atom. The van der Waals surface area contributed by atoms with Crippen molar-refractivity contribution in [2.75, 3.05) is 13.7 Å². The van der Waals surface area contributed by atoms with Crippen LogP contribution in [0.3, 0.4) is 0 Å². The van der Waals surface area contributed by atoms with Gasteiger partial charge in [0.25, 0.3) is 0 Å². The maximum Gasteiger partial charge on any atom is 0.244 e. The maximum absolute atomic E-state index is 9.91. The van der Waals surface area contributed by atoms with Crippen molar-refractivity contribution >= 4 is 0 Å². The van der Waals surface area contributed by atoms with Crippen LogP contribution in [0.1, 0.15) is 36.8 Å². The number of nitriles is 1. The van der Waals surface area contributed by atoms with Crippen LogP contribution in [0, 0.1) is 11.3 Å². The second-order valence-electron chi connectivity index (χ2n) is 7.22. The highest BCUT2D eigenvalue weighted by molar-refractivity contribution is 5.71. The van der Waals surface area contributed by atoms with E-state index >= 15 is 0 Å². The van der Waals surface area contributed by atoms with E-state index in [4.69, 9.17) is 19.9 Å². The van der Waals surface area contributed by atoms with Crippen molar-refractivity contribution < 1.29 is 14.2 Å². The van der Waals surface area contributed by atoms with Crippen molar-refractivity contribution in [3.8, 4) is 34.7 Å². The van der Waals surface area contributed by atoms with E-state index in [1.165, 1.54) is 0 Å². The highest BCUT2D eigenvalue weighted by atomic mass is 16.5. The number of nitrogens with zero attached hydrogens (tertiary/aromatic N) is 2. The van der Waals surface area contributed by atoms with Crippen LogP contribution in [0.15, 0.2) is 60.0 Å². The van der Waals surface area contributed by atoms with Gasteiger partial charge in [-0.2, -0.15) is 5.26 Å². The minimum Gasteiger partial charge on any atom is -0.493 e. The summed E-state index contributed by atoms with van der Waals surface area (Å²) in [5.74, 6) is 1.22. The second kappa shape index (κ2) is 8.84. The summed E-state index contributed by atoms with van der Waals surface area (Å²) in [4.78, 5) is 0. The van der Waals surface area contributed by atoms with E-state index in [1.54, 1.807) is 7.11 Å². The molecule has 7 nitrogen and oxygen atoms in total. The molecule has 1 atom stereocenters. The summed E-state index contributed by atoms with van der Waals surface area (Å²) >= 11 is 0. The van der Waals surface area contributed by atoms with Crippen molar-refractivity contribution in [3.05, 3.63) is 71.1 Å². The van der Waals surface area contributed by atoms with Crippen molar-refractivity contribution in [1.29, 1.82) is 5.26 Å². The van der Waals surface area contributed by atoms with Crippen LogP contribution < -0.4 is 19.9 Å². The standard InChI is InChI=1S/C24H24N4O3/c1-3-4-12-30-19-13-16(10-11-18(19)29-2)20-17(14-25)23(26)31-24-21(20)22(27-28-24)15-8-6-5-7-9-15/h5-11,13,20H,3-4,12,26H2,1-2H3,(H,27,28)/t20-/m0/s1. The Bertz CT molecular complexity index is 1150. The first-order valence-electron chi connectivity index (χ1n) is 10.2. The number of hydrogen-bond donors (Lipinski definition) is 2. The van der Waals surface area contributed by atoms with E-state index in [1.807, 2.05) is 48.5 Å². The largest absolute Gasteiger partial charge is 0.493 e. The number of hydrogen-bond acceptors (Lipinski definition) is 6. The van der Waals surface area contributed by atoms with Crippen LogP contribution in [-0.4, -0.2) is 23.9 Å². The van der Waals surface area contributed by atoms with E-state index in [-0.39, 0.29) is 5.88 Å². The molecule has 0 amide bonds. The van der Waals surface area contributed by atoms with E-state index in [2.05, 4.69) is 23.2 Å². The van der Waals surface area contributed by atoms with Crippen LogP contribution >= 0.6 is 0 Å². The van der Waals surface area contributed by atoms with Crippen LogP contribution in [0.25, 0.3) is 11.3 Å². The van der Waals surface area contributed by atoms with Gasteiger partial charge in [0.2, 0.25) is 11.8 Å². The summed E-state index contributed by atoms with van der Waals surface area (Å²) in [7, 11) is 1.61. The fourth-order valence-corrected chi connectivity index (χ4v) is 3.72. The number of nitrogens with one attached hydrogen (secondary N) is 1. The molecule has 1 aliphatic rings. The molecule has 31 heavy (non-hydrogen) atoms. The normalized spacial score (nSPS) is 15.1. The first-order valence-corrected chi connectivity index (χ1v) is 10.2. The lowest BCUT2D eigenvalue weighted by molar-refractivity contribution is 0.288. The third kappa shape index (κ3) is 3.80. The topological polar surface area (TPSA) is 106 Å². The van der Waals surface area contributed by atoms with Gasteiger partial charge in [0.15, 0.2) is 11.5 Å². The number of benzene rings is 2. The molecule has 4 rings (SSSR count). The van der Waals surface area contributed by atoms with E-state index in [9.17, 15) is 5.26 Å². The lowest BCUT2D eigenvalue weighted by Gasteiger charge is -2.25. The van der Waals surface area contributed by atoms with Crippen LogP contribution in [0.5, 0.6) is 17.4 Å². The molecule has 3 aromatic rings. The highest BCUT2D eigenvalue weighted by Gasteiger charge is 2.36. The van der Waals surface area contributed by atoms with Gasteiger partial charge in [-0.1, -0.05) is 49.7 Å². The predicted molar refractivity (Wildman–Crippen MR) is 117 cm³/mol. The number of rotatable bonds is 7. The molecule has 3 N–H and O–H groups in total. The van der Waals surface area contributed by atoms with Gasteiger partial charge in [-0.25, -0.2) is 0 Å². The molecular weight excluding hydrogens is 392 g/mol. The number of aromatic amines is 1. The molecule has 2 heterocycles. The van der Waals surface area contributed by atoms with Gasteiger partial charge in [-0.15, -0.1) is 5.10 Å². The molecule has 0 fully saturated rings. The first kappa shape index (κ1) is 20.4. The molecule has 0 bridgehead atoms. The minimum atomic E-state index is -0.456. The number of H-pyrrole nitrogens is 1. The number of nitrogens with two attached hydrogens (primary N) is 1. The van der Waals surface area contributed by atoms with Crippen molar-refractivity contribution in [2.45, 2.75) is 25.7 Å². The number of allylic oxidation sites excluding steroid dienone is 1. The summed E-state index contributed by atoms with van der Waals surface area (Å²) in [5.41, 5.74) is 9.76. The summed E-state index contributed by atoms with van der Waals surface area (Å²) < 4.78 is 17.1. The number of fused-ring (bicyclic) bond motifs is 1. The SMILES string of the molecule is CCCCOc1cc([C@H]2C(C#N)=C(N)Oc3n[nH]c(-c4ccccc4)c32)ccc1OC. The monoisotopic (exact) mass is 416 g/mol. The second-order valence-corrected chi connectivity index (χ2v) is 7.22. The van der Waals surface area contributed by atoms with Crippen molar-refractivity contribution in [1.82, 2.24) is 10.2 Å². The van der Waals surface area contributed by atoms with E-state index in [0.29, 0.717) is 29.6 Å².